The molecule has 0 bridgehead atoms. The largest absolute Gasteiger partial charge is 0.386 e. The van der Waals surface area contributed by atoms with Crippen LogP contribution in [0.15, 0.2) is 0 Å². The number of nitrogens with two attached hydrogens (primary N) is 1. The predicted molar refractivity (Wildman–Crippen MR) is 37.8 cm³/mol. The van der Waals surface area contributed by atoms with Gasteiger partial charge in [0.2, 0.25) is 7.41 Å². The van der Waals surface area contributed by atoms with Crippen molar-refractivity contribution in [1.82, 2.24) is 0 Å². The summed E-state index contributed by atoms with van der Waals surface area (Å²) in [6, 6.07) is 0.365. The van der Waals surface area contributed by atoms with Gasteiger partial charge < -0.3 is 10.4 Å². The lowest BCUT2D eigenvalue weighted by molar-refractivity contribution is 0.120. The molecule has 0 aromatic heterocycles. The first kappa shape index (κ1) is 6.17. The van der Waals surface area contributed by atoms with Crippen LogP contribution in [-0.4, -0.2) is 27.3 Å². The fourth-order valence-electron chi connectivity index (χ4n) is 0.993. The molecule has 0 amide bonds. The Kier molecular flexibility index (Phi) is 2.43. The van der Waals surface area contributed by atoms with Gasteiger partial charge in [-0.3, -0.25) is 0 Å². The third-order valence-electron chi connectivity index (χ3n) is 1.54. The zero-order valence-electron chi connectivity index (χ0n) is 5.10. The Balaban J connectivity index is 2.13. The van der Waals surface area contributed by atoms with Crippen molar-refractivity contribution in [2.75, 3.05) is 6.61 Å². The van der Waals surface area contributed by atoms with Crippen molar-refractivity contribution in [2.24, 2.45) is 5.64 Å². The molecule has 1 atom stereocenters. The summed E-state index contributed by atoms with van der Waals surface area (Å²) < 4.78 is 5.30. The summed E-state index contributed by atoms with van der Waals surface area (Å²) >= 11 is 0. The first-order chi connectivity index (χ1) is 3.93. The predicted octanol–water partition coefficient (Wildman–Crippen LogP) is -1.07. The molecule has 4 heteroatoms. The van der Waals surface area contributed by atoms with Gasteiger partial charge in [0.15, 0.2) is 0 Å². The van der Waals surface area contributed by atoms with Crippen LogP contribution in [0, 0.1) is 0 Å². The van der Waals surface area contributed by atoms with E-state index in [1.807, 2.05) is 0 Å². The van der Waals surface area contributed by atoms with E-state index in [2.05, 4.69) is 0 Å². The van der Waals surface area contributed by atoms with Crippen LogP contribution >= 0.6 is 0 Å². The van der Waals surface area contributed by atoms with Crippen LogP contribution in [0.1, 0.15) is 0 Å². The Bertz CT molecular complexity index is 65.1. The summed E-state index contributed by atoms with van der Waals surface area (Å²) in [5.41, 5.74) is 5.38. The molecule has 1 aliphatic heterocycles. The molecule has 1 fully saturated rings. The van der Waals surface area contributed by atoms with E-state index in [-0.39, 0.29) is 0 Å². The first-order valence-corrected chi connectivity index (χ1v) is 3.25. The molecular formula is C4H11B2NO. The van der Waals surface area contributed by atoms with E-state index < -0.39 is 0 Å². The van der Waals surface area contributed by atoms with Crippen molar-refractivity contribution in [3.05, 3.63) is 0 Å². The van der Waals surface area contributed by atoms with Crippen molar-refractivity contribution in [1.29, 1.82) is 0 Å². The van der Waals surface area contributed by atoms with Crippen molar-refractivity contribution in [2.45, 2.75) is 18.6 Å². The minimum absolute atomic E-state index is 0.365. The molecule has 2 nitrogen and oxygen atoms in total. The van der Waals surface area contributed by atoms with Crippen LogP contribution in [0.5, 0.6) is 0 Å². The van der Waals surface area contributed by atoms with E-state index in [1.54, 1.807) is 0 Å². The Morgan fingerprint density at radius 3 is 3.00 bits per heavy atom. The molecule has 1 rings (SSSR count). The maximum Gasteiger partial charge on any atom is 0.230 e. The Hall–Kier alpha value is 0.0499. The van der Waals surface area contributed by atoms with Crippen molar-refractivity contribution in [3.63, 3.8) is 0 Å². The molecule has 1 saturated heterocycles. The van der Waals surface area contributed by atoms with E-state index in [0.29, 0.717) is 13.4 Å². The van der Waals surface area contributed by atoms with Gasteiger partial charge in [-0.1, -0.05) is 12.6 Å². The van der Waals surface area contributed by atoms with Gasteiger partial charge in [-0.25, -0.2) is 0 Å². The summed E-state index contributed by atoms with van der Waals surface area (Å²) in [6.45, 7) is 0.919. The zero-order valence-corrected chi connectivity index (χ0v) is 5.10. The summed E-state index contributed by atoms with van der Waals surface area (Å²) in [7, 11) is 1.99. The fourth-order valence-corrected chi connectivity index (χ4v) is 0.993. The third kappa shape index (κ3) is 1.53. The van der Waals surface area contributed by atoms with E-state index in [1.165, 1.54) is 13.6 Å². The lowest BCUT2D eigenvalue weighted by Crippen LogP contribution is -2.32. The Morgan fingerprint density at radius 2 is 2.62 bits per heavy atom. The van der Waals surface area contributed by atoms with Crippen molar-refractivity contribution in [3.8, 4) is 0 Å². The van der Waals surface area contributed by atoms with Gasteiger partial charge in [0.25, 0.3) is 0 Å². The summed E-state index contributed by atoms with van der Waals surface area (Å²) in [5, 5.41) is 0. The van der Waals surface area contributed by atoms with Crippen LogP contribution in [0.2, 0.25) is 12.6 Å². The quantitative estimate of drug-likeness (QED) is 0.437. The molecule has 0 saturated carbocycles. The number of hydrogen-bond acceptors (Lipinski definition) is 2. The van der Waals surface area contributed by atoms with Gasteiger partial charge in [0, 0.05) is 12.6 Å². The third-order valence-corrected chi connectivity index (χ3v) is 1.54. The molecule has 1 unspecified atom stereocenters. The second kappa shape index (κ2) is 3.15. The molecule has 0 aromatic rings. The molecule has 0 radical (unpaired) electrons. The van der Waals surface area contributed by atoms with E-state index >= 15 is 0 Å². The SMILES string of the molecule is NBC1CBCCO1. The van der Waals surface area contributed by atoms with Crippen molar-refractivity contribution < 1.29 is 4.74 Å². The van der Waals surface area contributed by atoms with Gasteiger partial charge in [-0.2, -0.15) is 0 Å². The Labute approximate surface area is 51.3 Å². The first-order valence-electron chi connectivity index (χ1n) is 3.25. The molecule has 2 N–H and O–H groups in total. The monoisotopic (exact) mass is 111 g/mol. The van der Waals surface area contributed by atoms with Crippen LogP contribution in [0.25, 0.3) is 0 Å². The van der Waals surface area contributed by atoms with Gasteiger partial charge >= 0.3 is 0 Å². The molecular weight excluding hydrogens is 99.7 g/mol. The van der Waals surface area contributed by atoms with Gasteiger partial charge in [-0.05, 0) is 0 Å². The molecule has 8 heavy (non-hydrogen) atoms. The van der Waals surface area contributed by atoms with Gasteiger partial charge in [0.1, 0.15) is 7.28 Å². The Morgan fingerprint density at radius 1 is 1.75 bits per heavy atom. The van der Waals surface area contributed by atoms with Gasteiger partial charge in [0.05, 0.1) is 0 Å². The molecule has 1 aliphatic rings. The number of rotatable bonds is 1. The van der Waals surface area contributed by atoms with Crippen LogP contribution in [-0.2, 0) is 4.74 Å². The molecule has 0 spiro atoms. The lowest BCUT2D eigenvalue weighted by Gasteiger charge is -2.18. The fraction of sp³-hybridized carbons (Fsp3) is 1.00. The summed E-state index contributed by atoms with van der Waals surface area (Å²) in [6.07, 6.45) is 2.38. The average molecular weight is 111 g/mol. The average Bonchev–Trinajstić information content (AvgIpc) is 1.90. The van der Waals surface area contributed by atoms with E-state index in [9.17, 15) is 0 Å². The maximum atomic E-state index is 5.38. The standard InChI is InChI=1S/C4H11B2NO/c7-6-4-3-5-1-2-8-4/h4-6H,1-3,7H2. The maximum absolute atomic E-state index is 5.38. The smallest absolute Gasteiger partial charge is 0.230 e. The number of ether oxygens (including phenoxy) is 1. The second-order valence-electron chi connectivity index (χ2n) is 2.22. The highest BCUT2D eigenvalue weighted by Crippen LogP contribution is 2.04. The van der Waals surface area contributed by atoms with Crippen LogP contribution in [0.4, 0.5) is 0 Å². The number of hydrogen-bond donors (Lipinski definition) is 1. The topological polar surface area (TPSA) is 35.2 Å². The van der Waals surface area contributed by atoms with E-state index in [0.717, 1.165) is 12.9 Å². The second-order valence-corrected chi connectivity index (χ2v) is 2.22. The minimum atomic E-state index is 0.365. The molecule has 0 aliphatic carbocycles. The van der Waals surface area contributed by atoms with E-state index in [4.69, 9.17) is 10.4 Å². The lowest BCUT2D eigenvalue weighted by atomic mass is 9.62. The highest BCUT2D eigenvalue weighted by molar-refractivity contribution is 6.42. The molecule has 44 valence electrons. The van der Waals surface area contributed by atoms with Crippen LogP contribution < -0.4 is 5.64 Å². The summed E-state index contributed by atoms with van der Waals surface area (Å²) in [4.78, 5) is 0. The van der Waals surface area contributed by atoms with Crippen molar-refractivity contribution >= 4 is 14.7 Å². The van der Waals surface area contributed by atoms with Crippen LogP contribution in [0.3, 0.4) is 0 Å². The van der Waals surface area contributed by atoms with Gasteiger partial charge in [-0.15, -0.1) is 0 Å². The molecule has 1 heterocycles. The minimum Gasteiger partial charge on any atom is -0.386 e. The summed E-state index contributed by atoms with van der Waals surface area (Å²) in [5.74, 6) is 0. The normalized spacial score (nSPS) is 28.9. The highest BCUT2D eigenvalue weighted by Gasteiger charge is 2.12. The zero-order chi connectivity index (χ0) is 5.82. The highest BCUT2D eigenvalue weighted by atomic mass is 16.5. The molecule has 0 aromatic carbocycles.